The van der Waals surface area contributed by atoms with Gasteiger partial charge in [-0.05, 0) is 19.2 Å². The van der Waals surface area contributed by atoms with Crippen LogP contribution in [0.25, 0.3) is 0 Å². The van der Waals surface area contributed by atoms with Crippen LogP contribution in [0.15, 0.2) is 24.3 Å². The average molecular weight is 272 g/mol. The normalized spacial score (nSPS) is 11.3. The van der Waals surface area contributed by atoms with E-state index < -0.39 is 6.61 Å². The molecule has 108 valence electrons. The van der Waals surface area contributed by atoms with Crippen molar-refractivity contribution in [1.82, 2.24) is 10.2 Å². The average Bonchev–Trinajstić information content (AvgIpc) is 2.40. The van der Waals surface area contributed by atoms with Crippen LogP contribution in [0, 0.1) is 0 Å². The Labute approximate surface area is 113 Å². The van der Waals surface area contributed by atoms with Crippen LogP contribution in [0.5, 0.6) is 5.75 Å². The Morgan fingerprint density at radius 3 is 2.53 bits per heavy atom. The van der Waals surface area contributed by atoms with E-state index in [0.717, 1.165) is 31.7 Å². The first-order valence-electron chi connectivity index (χ1n) is 6.63. The van der Waals surface area contributed by atoms with Crippen molar-refractivity contribution in [3.8, 4) is 5.75 Å². The first kappa shape index (κ1) is 15.9. The molecule has 0 unspecified atom stereocenters. The maximum absolute atomic E-state index is 12.2. The van der Waals surface area contributed by atoms with Gasteiger partial charge in [-0.3, -0.25) is 0 Å². The third kappa shape index (κ3) is 5.98. The molecule has 1 aromatic rings. The van der Waals surface area contributed by atoms with Gasteiger partial charge in [0.25, 0.3) is 0 Å². The second-order valence-corrected chi connectivity index (χ2v) is 4.19. The van der Waals surface area contributed by atoms with Crippen molar-refractivity contribution in [1.29, 1.82) is 0 Å². The fourth-order valence-corrected chi connectivity index (χ4v) is 1.86. The van der Waals surface area contributed by atoms with Crippen molar-refractivity contribution in [3.63, 3.8) is 0 Å². The Bertz CT molecular complexity index is 357. The van der Waals surface area contributed by atoms with Gasteiger partial charge in [0.05, 0.1) is 0 Å². The number of alkyl halides is 2. The monoisotopic (exact) mass is 272 g/mol. The van der Waals surface area contributed by atoms with E-state index in [0.29, 0.717) is 6.54 Å². The third-order valence-electron chi connectivity index (χ3n) is 3.00. The highest BCUT2D eigenvalue weighted by Gasteiger charge is 2.08. The summed E-state index contributed by atoms with van der Waals surface area (Å²) in [5.74, 6) is 0.243. The number of rotatable bonds is 9. The Hall–Kier alpha value is -1.20. The summed E-state index contributed by atoms with van der Waals surface area (Å²) in [5, 5.41) is 3.25. The van der Waals surface area contributed by atoms with E-state index in [1.165, 1.54) is 0 Å². The predicted molar refractivity (Wildman–Crippen MR) is 72.6 cm³/mol. The highest BCUT2D eigenvalue weighted by molar-refractivity contribution is 5.33. The van der Waals surface area contributed by atoms with Gasteiger partial charge < -0.3 is 15.0 Å². The Morgan fingerprint density at radius 2 is 1.89 bits per heavy atom. The van der Waals surface area contributed by atoms with Crippen LogP contribution in [-0.4, -0.2) is 37.7 Å². The number of likely N-dealkylation sites (N-methyl/N-ethyl adjacent to an activating group) is 1. The standard InChI is InChI=1S/C14H22F2N2O/c1-3-18(4-2)10-9-17-11-12-7-5-6-8-13(12)19-14(15)16/h5-8,14,17H,3-4,9-11H2,1-2H3. The lowest BCUT2D eigenvalue weighted by molar-refractivity contribution is -0.0504. The van der Waals surface area contributed by atoms with Crippen LogP contribution in [0.4, 0.5) is 8.78 Å². The summed E-state index contributed by atoms with van der Waals surface area (Å²) in [4.78, 5) is 2.30. The maximum atomic E-state index is 12.2. The van der Waals surface area contributed by atoms with Crippen LogP contribution >= 0.6 is 0 Å². The van der Waals surface area contributed by atoms with Crippen molar-refractivity contribution in [3.05, 3.63) is 29.8 Å². The lowest BCUT2D eigenvalue weighted by atomic mass is 10.2. The zero-order chi connectivity index (χ0) is 14.1. The number of hydrogen-bond acceptors (Lipinski definition) is 3. The molecule has 0 heterocycles. The highest BCUT2D eigenvalue weighted by Crippen LogP contribution is 2.19. The van der Waals surface area contributed by atoms with Crippen molar-refractivity contribution >= 4 is 0 Å². The van der Waals surface area contributed by atoms with Gasteiger partial charge in [0.1, 0.15) is 5.75 Å². The molecule has 0 saturated heterocycles. The summed E-state index contributed by atoms with van der Waals surface area (Å²) in [6, 6.07) is 6.87. The first-order valence-corrected chi connectivity index (χ1v) is 6.63. The number of nitrogens with one attached hydrogen (secondary N) is 1. The first-order chi connectivity index (χ1) is 9.17. The van der Waals surface area contributed by atoms with E-state index in [4.69, 9.17) is 0 Å². The fourth-order valence-electron chi connectivity index (χ4n) is 1.86. The molecule has 0 amide bonds. The molecule has 19 heavy (non-hydrogen) atoms. The van der Waals surface area contributed by atoms with Gasteiger partial charge in [-0.25, -0.2) is 0 Å². The van der Waals surface area contributed by atoms with Crippen molar-refractivity contribution in [2.24, 2.45) is 0 Å². The number of halogens is 2. The molecule has 0 fully saturated rings. The van der Waals surface area contributed by atoms with Gasteiger partial charge in [-0.1, -0.05) is 32.0 Å². The van der Waals surface area contributed by atoms with E-state index in [1.54, 1.807) is 18.2 Å². The van der Waals surface area contributed by atoms with Gasteiger partial charge in [0, 0.05) is 25.2 Å². The minimum absolute atomic E-state index is 0.243. The zero-order valence-electron chi connectivity index (χ0n) is 11.5. The summed E-state index contributed by atoms with van der Waals surface area (Å²) >= 11 is 0. The molecule has 3 nitrogen and oxygen atoms in total. The van der Waals surface area contributed by atoms with E-state index in [1.807, 2.05) is 6.07 Å². The summed E-state index contributed by atoms with van der Waals surface area (Å²) in [6.45, 7) is 5.80. The molecule has 0 aromatic heterocycles. The molecule has 0 aliphatic heterocycles. The van der Waals surface area contributed by atoms with E-state index >= 15 is 0 Å². The van der Waals surface area contributed by atoms with Crippen LogP contribution in [-0.2, 0) is 6.54 Å². The van der Waals surface area contributed by atoms with E-state index in [9.17, 15) is 8.78 Å². The van der Waals surface area contributed by atoms with Gasteiger partial charge in [-0.15, -0.1) is 0 Å². The predicted octanol–water partition coefficient (Wildman–Crippen LogP) is 2.72. The minimum Gasteiger partial charge on any atom is -0.434 e. The van der Waals surface area contributed by atoms with Gasteiger partial charge >= 0.3 is 6.61 Å². The molecular weight excluding hydrogens is 250 g/mol. The fraction of sp³-hybridized carbons (Fsp3) is 0.571. The summed E-state index contributed by atoms with van der Waals surface area (Å²) in [7, 11) is 0. The second kappa shape index (κ2) is 8.82. The quantitative estimate of drug-likeness (QED) is 0.700. The number of hydrogen-bond donors (Lipinski definition) is 1. The van der Waals surface area contributed by atoms with E-state index in [2.05, 4.69) is 28.8 Å². The summed E-state index contributed by atoms with van der Waals surface area (Å²) < 4.78 is 29.0. The number of nitrogens with zero attached hydrogens (tertiary/aromatic N) is 1. The largest absolute Gasteiger partial charge is 0.434 e. The van der Waals surface area contributed by atoms with Crippen molar-refractivity contribution < 1.29 is 13.5 Å². The van der Waals surface area contributed by atoms with Gasteiger partial charge in [-0.2, -0.15) is 8.78 Å². The van der Waals surface area contributed by atoms with Gasteiger partial charge in [0.15, 0.2) is 0 Å². The number of para-hydroxylation sites is 1. The van der Waals surface area contributed by atoms with Crippen LogP contribution in [0.1, 0.15) is 19.4 Å². The molecular formula is C14H22F2N2O. The molecule has 0 saturated carbocycles. The molecule has 0 atom stereocenters. The molecule has 0 radical (unpaired) electrons. The molecule has 5 heteroatoms. The molecule has 1 aromatic carbocycles. The van der Waals surface area contributed by atoms with Crippen molar-refractivity contribution in [2.45, 2.75) is 27.0 Å². The maximum Gasteiger partial charge on any atom is 0.387 e. The van der Waals surface area contributed by atoms with Crippen LogP contribution in [0.2, 0.25) is 0 Å². The van der Waals surface area contributed by atoms with Crippen molar-refractivity contribution in [2.75, 3.05) is 26.2 Å². The SMILES string of the molecule is CCN(CC)CCNCc1ccccc1OC(F)F. The highest BCUT2D eigenvalue weighted by atomic mass is 19.3. The number of benzene rings is 1. The molecule has 1 rings (SSSR count). The Morgan fingerprint density at radius 1 is 1.21 bits per heavy atom. The topological polar surface area (TPSA) is 24.5 Å². The minimum atomic E-state index is -2.78. The molecule has 1 N–H and O–H groups in total. The molecule has 0 aliphatic rings. The zero-order valence-corrected chi connectivity index (χ0v) is 11.5. The molecule has 0 spiro atoms. The molecule has 0 aliphatic carbocycles. The van der Waals surface area contributed by atoms with Crippen LogP contribution < -0.4 is 10.1 Å². The smallest absolute Gasteiger partial charge is 0.387 e. The number of ether oxygens (including phenoxy) is 1. The van der Waals surface area contributed by atoms with E-state index in [-0.39, 0.29) is 5.75 Å². The summed E-state index contributed by atoms with van der Waals surface area (Å²) in [5.41, 5.74) is 0.752. The lowest BCUT2D eigenvalue weighted by Gasteiger charge is -2.18. The Balaban J connectivity index is 2.40. The third-order valence-corrected chi connectivity index (χ3v) is 3.00. The Kier molecular flexibility index (Phi) is 7.36. The second-order valence-electron chi connectivity index (χ2n) is 4.19. The van der Waals surface area contributed by atoms with Crippen LogP contribution in [0.3, 0.4) is 0 Å². The lowest BCUT2D eigenvalue weighted by Crippen LogP contribution is -2.31. The molecule has 0 bridgehead atoms. The summed E-state index contributed by atoms with van der Waals surface area (Å²) in [6.07, 6.45) is 0. The van der Waals surface area contributed by atoms with Gasteiger partial charge in [0.2, 0.25) is 0 Å².